The number of benzene rings is 3. The van der Waals surface area contributed by atoms with Crippen molar-refractivity contribution in [3.63, 3.8) is 0 Å². The number of hydrogen-bond acceptors (Lipinski definition) is 7. The molecule has 0 aliphatic carbocycles. The molecule has 8 heteroatoms. The van der Waals surface area contributed by atoms with Crippen LogP contribution in [0, 0.1) is 0 Å². The van der Waals surface area contributed by atoms with Crippen molar-refractivity contribution in [3.8, 4) is 0 Å². The lowest BCUT2D eigenvalue weighted by Gasteiger charge is -2.22. The van der Waals surface area contributed by atoms with E-state index in [0.29, 0.717) is 17.7 Å². The predicted molar refractivity (Wildman–Crippen MR) is 163 cm³/mol. The van der Waals surface area contributed by atoms with E-state index in [0.717, 1.165) is 58.7 Å². The number of carbonyl (C=O) groups is 2. The summed E-state index contributed by atoms with van der Waals surface area (Å²) in [5.41, 5.74) is 9.21. The number of amides is 2. The third-order valence-electron chi connectivity index (χ3n) is 6.81. The smallest absolute Gasteiger partial charge is 0.261 e. The van der Waals surface area contributed by atoms with Crippen LogP contribution in [-0.2, 0) is 13.1 Å². The summed E-state index contributed by atoms with van der Waals surface area (Å²) < 4.78 is 0. The number of nitrogens with two attached hydrogens (primary N) is 3. The molecule has 1 heterocycles. The van der Waals surface area contributed by atoms with E-state index in [9.17, 15) is 9.59 Å². The summed E-state index contributed by atoms with van der Waals surface area (Å²) in [6.07, 6.45) is 1.87. The van der Waals surface area contributed by atoms with Gasteiger partial charge < -0.3 is 5.73 Å². The average Bonchev–Trinajstić information content (AvgIpc) is 3.26. The lowest BCUT2D eigenvalue weighted by molar-refractivity contribution is 0.0647. The zero-order valence-corrected chi connectivity index (χ0v) is 24.0. The molecule has 3 aromatic rings. The van der Waals surface area contributed by atoms with E-state index in [1.54, 1.807) is 24.3 Å². The van der Waals surface area contributed by atoms with Gasteiger partial charge in [-0.15, -0.1) is 0 Å². The second-order valence-corrected chi connectivity index (χ2v) is 9.51. The second kappa shape index (κ2) is 18.8. The highest BCUT2D eigenvalue weighted by atomic mass is 16.2. The van der Waals surface area contributed by atoms with E-state index in [1.165, 1.54) is 16.0 Å². The number of carbonyl (C=O) groups excluding carboxylic acids is 2. The Morgan fingerprint density at radius 1 is 0.625 bits per heavy atom. The summed E-state index contributed by atoms with van der Waals surface area (Å²) in [4.78, 5) is 30.8. The zero-order chi connectivity index (χ0) is 29.2. The van der Waals surface area contributed by atoms with Crippen molar-refractivity contribution in [2.75, 3.05) is 39.3 Å². The summed E-state index contributed by atoms with van der Waals surface area (Å²) in [5.74, 6) is 7.67. The van der Waals surface area contributed by atoms with E-state index >= 15 is 0 Å². The van der Waals surface area contributed by atoms with Gasteiger partial charge in [-0.2, -0.15) is 0 Å². The number of hydrazine groups is 1. The molecule has 0 atom stereocenters. The fourth-order valence-corrected chi connectivity index (χ4v) is 4.59. The maximum absolute atomic E-state index is 12.3. The maximum Gasteiger partial charge on any atom is 0.261 e. The Kier molecular flexibility index (Phi) is 15.4. The van der Waals surface area contributed by atoms with Crippen LogP contribution in [0.4, 0.5) is 0 Å². The highest BCUT2D eigenvalue weighted by Gasteiger charge is 2.34. The minimum absolute atomic E-state index is 0.165. The normalized spacial score (nSPS) is 12.1. The molecule has 2 amide bonds. The van der Waals surface area contributed by atoms with Crippen molar-refractivity contribution in [2.45, 2.75) is 39.8 Å². The van der Waals surface area contributed by atoms with Crippen LogP contribution < -0.4 is 17.4 Å². The first-order valence-corrected chi connectivity index (χ1v) is 14.1. The molecule has 0 saturated heterocycles. The second-order valence-electron chi connectivity index (χ2n) is 9.51. The maximum atomic E-state index is 12.3. The van der Waals surface area contributed by atoms with Crippen LogP contribution in [0.3, 0.4) is 0 Å². The van der Waals surface area contributed by atoms with Crippen molar-refractivity contribution in [1.29, 1.82) is 0 Å². The Balaban J connectivity index is 0.000000299. The molecule has 8 nitrogen and oxygen atoms in total. The van der Waals surface area contributed by atoms with Gasteiger partial charge in [0.2, 0.25) is 0 Å². The van der Waals surface area contributed by atoms with Gasteiger partial charge in [0, 0.05) is 26.2 Å². The highest BCUT2D eigenvalue weighted by molar-refractivity contribution is 6.21. The van der Waals surface area contributed by atoms with Crippen LogP contribution in [-0.4, -0.2) is 65.8 Å². The summed E-state index contributed by atoms with van der Waals surface area (Å²) >= 11 is 0. The SMILES string of the molecule is CCN(CCCN)Cc1ccccc1.CCN(CCCN1C(=O)c2ccccc2C1=O)Cc1ccccc1.NN. The number of imide groups is 1. The van der Waals surface area contributed by atoms with Gasteiger partial charge in [0.15, 0.2) is 0 Å². The number of rotatable bonds is 13. The fourth-order valence-electron chi connectivity index (χ4n) is 4.59. The minimum atomic E-state index is -0.165. The number of hydrogen-bond donors (Lipinski definition) is 3. The molecule has 0 saturated carbocycles. The largest absolute Gasteiger partial charge is 0.330 e. The van der Waals surface area contributed by atoms with Crippen LogP contribution in [0.15, 0.2) is 84.9 Å². The Morgan fingerprint density at radius 2 is 1.02 bits per heavy atom. The first-order chi connectivity index (χ1) is 19.6. The Hall–Kier alpha value is -3.40. The van der Waals surface area contributed by atoms with Crippen LogP contribution in [0.5, 0.6) is 0 Å². The van der Waals surface area contributed by atoms with Crippen LogP contribution in [0.2, 0.25) is 0 Å². The summed E-state index contributed by atoms with van der Waals surface area (Å²) in [7, 11) is 0. The van der Waals surface area contributed by atoms with Gasteiger partial charge in [-0.05, 0) is 62.3 Å². The van der Waals surface area contributed by atoms with Gasteiger partial charge in [0.25, 0.3) is 11.8 Å². The predicted octanol–water partition coefficient (Wildman–Crippen LogP) is 3.87. The van der Waals surface area contributed by atoms with Crippen molar-refractivity contribution in [1.82, 2.24) is 14.7 Å². The molecule has 3 aromatic carbocycles. The molecule has 1 aliphatic heterocycles. The van der Waals surface area contributed by atoms with Gasteiger partial charge in [-0.3, -0.25) is 36.0 Å². The Morgan fingerprint density at radius 3 is 1.43 bits per heavy atom. The molecule has 0 spiro atoms. The molecule has 0 aromatic heterocycles. The molecule has 1 aliphatic rings. The average molecular weight is 547 g/mol. The lowest BCUT2D eigenvalue weighted by Crippen LogP contribution is -2.33. The van der Waals surface area contributed by atoms with E-state index < -0.39 is 0 Å². The molecule has 40 heavy (non-hydrogen) atoms. The summed E-state index contributed by atoms with van der Waals surface area (Å²) in [6.45, 7) is 11.5. The third-order valence-corrected chi connectivity index (χ3v) is 6.81. The van der Waals surface area contributed by atoms with Gasteiger partial charge >= 0.3 is 0 Å². The first kappa shape index (κ1) is 32.8. The van der Waals surface area contributed by atoms with E-state index in [4.69, 9.17) is 5.73 Å². The monoisotopic (exact) mass is 546 g/mol. The van der Waals surface area contributed by atoms with Gasteiger partial charge in [-0.1, -0.05) is 86.6 Å². The third kappa shape index (κ3) is 10.3. The Bertz CT molecular complexity index is 1090. The summed E-state index contributed by atoms with van der Waals surface area (Å²) in [6, 6.07) is 28.0. The van der Waals surface area contributed by atoms with E-state index in [-0.39, 0.29) is 11.8 Å². The molecule has 6 N–H and O–H groups in total. The lowest BCUT2D eigenvalue weighted by atomic mass is 10.1. The van der Waals surface area contributed by atoms with Crippen LogP contribution >= 0.6 is 0 Å². The van der Waals surface area contributed by atoms with E-state index in [1.807, 2.05) is 18.2 Å². The van der Waals surface area contributed by atoms with E-state index in [2.05, 4.69) is 77.8 Å². The molecule has 0 bridgehead atoms. The van der Waals surface area contributed by atoms with Gasteiger partial charge in [-0.25, -0.2) is 0 Å². The van der Waals surface area contributed by atoms with Crippen LogP contribution in [0.1, 0.15) is 58.5 Å². The standard InChI is InChI=1S/C20H22N2O2.C12H20N2.H4N2/c1-2-21(15-16-9-4-3-5-10-16)13-8-14-22-19(23)17-11-6-7-12-18(17)20(22)24;1-2-14(10-6-9-13)11-12-7-4-3-5-8-12;1-2/h3-7,9-12H,2,8,13-15H2,1H3;3-5,7-8H,2,6,9-11,13H2,1H3;1-2H2. The van der Waals surface area contributed by atoms with Gasteiger partial charge in [0.05, 0.1) is 11.1 Å². The quantitative estimate of drug-likeness (QED) is 0.169. The number of fused-ring (bicyclic) bond motifs is 1. The molecule has 4 rings (SSSR count). The molecule has 0 radical (unpaired) electrons. The molecular weight excluding hydrogens is 500 g/mol. The molecule has 0 unspecified atom stereocenters. The first-order valence-electron chi connectivity index (χ1n) is 14.1. The zero-order valence-electron chi connectivity index (χ0n) is 24.0. The van der Waals surface area contributed by atoms with Crippen LogP contribution in [0.25, 0.3) is 0 Å². The van der Waals surface area contributed by atoms with Crippen molar-refractivity contribution >= 4 is 11.8 Å². The topological polar surface area (TPSA) is 122 Å². The number of nitrogens with zero attached hydrogens (tertiary/aromatic N) is 3. The highest BCUT2D eigenvalue weighted by Crippen LogP contribution is 2.22. The van der Waals surface area contributed by atoms with Crippen molar-refractivity contribution < 1.29 is 9.59 Å². The minimum Gasteiger partial charge on any atom is -0.330 e. The van der Waals surface area contributed by atoms with Crippen molar-refractivity contribution in [3.05, 3.63) is 107 Å². The van der Waals surface area contributed by atoms with Crippen molar-refractivity contribution in [2.24, 2.45) is 17.4 Å². The molecule has 0 fully saturated rings. The summed E-state index contributed by atoms with van der Waals surface area (Å²) in [5, 5.41) is 0. The molecular formula is C32H46N6O2. The van der Waals surface area contributed by atoms with Gasteiger partial charge in [0.1, 0.15) is 0 Å². The fraction of sp³-hybridized carbons (Fsp3) is 0.375. The molecule has 216 valence electrons. The Labute approximate surface area is 239 Å².